The molecule has 0 spiro atoms. The number of methoxy groups -OCH3 is 1. The fourth-order valence-corrected chi connectivity index (χ4v) is 1.45. The number of nitrogens with two attached hydrogens (primary N) is 1. The first-order valence-corrected chi connectivity index (χ1v) is 6.19. The van der Waals surface area contributed by atoms with Gasteiger partial charge in [0.2, 0.25) is 0 Å². The van der Waals surface area contributed by atoms with Crippen molar-refractivity contribution in [2.75, 3.05) is 7.11 Å². The molecule has 0 saturated carbocycles. The highest BCUT2D eigenvalue weighted by Gasteiger charge is 2.17. The number of hydrogen-bond donors (Lipinski definition) is 3. The first kappa shape index (κ1) is 17.0. The van der Waals surface area contributed by atoms with Crippen LogP contribution in [-0.4, -0.2) is 36.2 Å². The number of primary amides is 1. The summed E-state index contributed by atoms with van der Waals surface area (Å²) in [5, 5.41) is 11.2. The molecule has 0 aliphatic rings. The van der Waals surface area contributed by atoms with Crippen LogP contribution in [-0.2, 0) is 14.3 Å². The number of imide groups is 1. The van der Waals surface area contributed by atoms with Crippen LogP contribution in [0.4, 0.5) is 4.79 Å². The van der Waals surface area contributed by atoms with Gasteiger partial charge in [0.05, 0.1) is 7.11 Å². The molecule has 0 aliphatic carbocycles. The van der Waals surface area contributed by atoms with Crippen LogP contribution in [0.1, 0.15) is 12.5 Å². The van der Waals surface area contributed by atoms with E-state index < -0.39 is 24.0 Å². The van der Waals surface area contributed by atoms with E-state index in [4.69, 9.17) is 15.2 Å². The zero-order valence-electron chi connectivity index (χ0n) is 12.0. The summed E-state index contributed by atoms with van der Waals surface area (Å²) < 4.78 is 9.72. The molecule has 0 aliphatic heterocycles. The maximum Gasteiger partial charge on any atom is 0.331 e. The maximum absolute atomic E-state index is 11.6. The molecule has 1 atom stereocenters. The topological polar surface area (TPSA) is 128 Å². The fourth-order valence-electron chi connectivity index (χ4n) is 1.45. The van der Waals surface area contributed by atoms with E-state index in [0.29, 0.717) is 5.56 Å². The summed E-state index contributed by atoms with van der Waals surface area (Å²) in [6, 6.07) is 3.46. The Hall–Kier alpha value is -3.03. The standard InChI is InChI=1S/C14H16N2O6/c1-8(13(19)16-14(15)20)22-12(18)6-4-9-3-5-10(17)11(7-9)21-2/h3-8,17H,1-2H3,(H3,15,16,19,20)/b6-4+/t8-/m0/s1. The predicted molar refractivity (Wildman–Crippen MR) is 77.0 cm³/mol. The number of nitrogens with one attached hydrogen (secondary N) is 1. The highest BCUT2D eigenvalue weighted by Crippen LogP contribution is 2.26. The van der Waals surface area contributed by atoms with Crippen molar-refractivity contribution in [3.8, 4) is 11.5 Å². The summed E-state index contributed by atoms with van der Waals surface area (Å²) >= 11 is 0. The Morgan fingerprint density at radius 3 is 2.64 bits per heavy atom. The zero-order chi connectivity index (χ0) is 16.7. The molecular weight excluding hydrogens is 292 g/mol. The van der Waals surface area contributed by atoms with Gasteiger partial charge in [-0.05, 0) is 30.7 Å². The number of benzene rings is 1. The van der Waals surface area contributed by atoms with Gasteiger partial charge in [-0.1, -0.05) is 6.07 Å². The van der Waals surface area contributed by atoms with E-state index in [1.165, 1.54) is 32.2 Å². The van der Waals surface area contributed by atoms with Crippen molar-refractivity contribution in [1.82, 2.24) is 5.32 Å². The third kappa shape index (κ3) is 5.16. The molecule has 1 aromatic rings. The van der Waals surface area contributed by atoms with E-state index in [1.54, 1.807) is 11.4 Å². The lowest BCUT2D eigenvalue weighted by atomic mass is 10.2. The Bertz CT molecular complexity index is 611. The number of esters is 1. The molecular formula is C14H16N2O6. The molecule has 1 aromatic carbocycles. The van der Waals surface area contributed by atoms with Crippen molar-refractivity contribution in [2.24, 2.45) is 5.73 Å². The molecule has 0 bridgehead atoms. The van der Waals surface area contributed by atoms with Crippen molar-refractivity contribution in [3.63, 3.8) is 0 Å². The van der Waals surface area contributed by atoms with Crippen LogP contribution in [0.3, 0.4) is 0 Å². The van der Waals surface area contributed by atoms with Gasteiger partial charge in [0.1, 0.15) is 0 Å². The number of phenols is 1. The molecule has 0 fully saturated rings. The number of carbonyl (C=O) groups is 3. The van der Waals surface area contributed by atoms with Gasteiger partial charge in [-0.2, -0.15) is 0 Å². The Morgan fingerprint density at radius 2 is 2.05 bits per heavy atom. The first-order chi connectivity index (χ1) is 10.3. The predicted octanol–water partition coefficient (Wildman–Crippen LogP) is 0.541. The number of rotatable bonds is 5. The molecule has 118 valence electrons. The zero-order valence-corrected chi connectivity index (χ0v) is 12.0. The van der Waals surface area contributed by atoms with Crippen LogP contribution in [0.5, 0.6) is 11.5 Å². The van der Waals surface area contributed by atoms with Gasteiger partial charge in [0, 0.05) is 6.08 Å². The van der Waals surface area contributed by atoms with Crippen LogP contribution in [0.15, 0.2) is 24.3 Å². The highest BCUT2D eigenvalue weighted by molar-refractivity contribution is 5.97. The quantitative estimate of drug-likeness (QED) is 0.538. The number of hydrogen-bond acceptors (Lipinski definition) is 6. The van der Waals surface area contributed by atoms with Crippen molar-refractivity contribution >= 4 is 24.0 Å². The minimum absolute atomic E-state index is 0.0287. The molecule has 0 heterocycles. The lowest BCUT2D eigenvalue weighted by molar-refractivity contribution is -0.149. The van der Waals surface area contributed by atoms with Gasteiger partial charge in [-0.15, -0.1) is 0 Å². The van der Waals surface area contributed by atoms with Crippen molar-refractivity contribution < 1.29 is 29.0 Å². The molecule has 0 aromatic heterocycles. The Labute approximate surface area is 126 Å². The fraction of sp³-hybridized carbons (Fsp3) is 0.214. The number of ether oxygens (including phenoxy) is 2. The van der Waals surface area contributed by atoms with Crippen molar-refractivity contribution in [1.29, 1.82) is 0 Å². The average Bonchev–Trinajstić information content (AvgIpc) is 2.45. The number of phenolic OH excluding ortho intramolecular Hbond substituents is 1. The Kier molecular flexibility index (Phi) is 5.94. The van der Waals surface area contributed by atoms with E-state index >= 15 is 0 Å². The van der Waals surface area contributed by atoms with Crippen LogP contribution in [0, 0.1) is 0 Å². The number of amides is 3. The normalized spacial score (nSPS) is 11.7. The van der Waals surface area contributed by atoms with Crippen LogP contribution >= 0.6 is 0 Å². The number of urea groups is 1. The first-order valence-electron chi connectivity index (χ1n) is 6.19. The second kappa shape index (κ2) is 7.67. The minimum Gasteiger partial charge on any atom is -0.504 e. The Morgan fingerprint density at radius 1 is 1.36 bits per heavy atom. The SMILES string of the molecule is COc1cc(/C=C/C(=O)O[C@@H](C)C(=O)NC(N)=O)ccc1O. The summed E-state index contributed by atoms with van der Waals surface area (Å²) in [5.74, 6) is -1.37. The van der Waals surface area contributed by atoms with Gasteiger partial charge < -0.3 is 20.3 Å². The molecule has 8 heteroatoms. The van der Waals surface area contributed by atoms with Crippen LogP contribution in [0.2, 0.25) is 0 Å². The second-order valence-corrected chi connectivity index (χ2v) is 4.20. The lowest BCUT2D eigenvalue weighted by Crippen LogP contribution is -2.42. The molecule has 0 radical (unpaired) electrons. The Balaban J connectivity index is 2.64. The van der Waals surface area contributed by atoms with E-state index in [-0.39, 0.29) is 11.5 Å². The van der Waals surface area contributed by atoms with E-state index in [1.807, 2.05) is 0 Å². The van der Waals surface area contributed by atoms with E-state index in [2.05, 4.69) is 0 Å². The third-order valence-corrected chi connectivity index (χ3v) is 2.52. The lowest BCUT2D eigenvalue weighted by Gasteiger charge is -2.10. The summed E-state index contributed by atoms with van der Waals surface area (Å²) in [6.45, 7) is 1.30. The molecule has 4 N–H and O–H groups in total. The summed E-state index contributed by atoms with van der Waals surface area (Å²) in [4.78, 5) is 33.4. The molecule has 22 heavy (non-hydrogen) atoms. The molecule has 1 rings (SSSR count). The number of aromatic hydroxyl groups is 1. The van der Waals surface area contributed by atoms with Gasteiger partial charge in [-0.25, -0.2) is 9.59 Å². The monoisotopic (exact) mass is 308 g/mol. The van der Waals surface area contributed by atoms with Gasteiger partial charge in [-0.3, -0.25) is 10.1 Å². The summed E-state index contributed by atoms with van der Waals surface area (Å²) in [6.07, 6.45) is 1.35. The summed E-state index contributed by atoms with van der Waals surface area (Å²) in [7, 11) is 1.40. The minimum atomic E-state index is -1.17. The van der Waals surface area contributed by atoms with Gasteiger partial charge in [0.25, 0.3) is 5.91 Å². The average molecular weight is 308 g/mol. The van der Waals surface area contributed by atoms with Crippen molar-refractivity contribution in [3.05, 3.63) is 29.8 Å². The van der Waals surface area contributed by atoms with Gasteiger partial charge >= 0.3 is 12.0 Å². The van der Waals surface area contributed by atoms with E-state index in [9.17, 15) is 19.5 Å². The van der Waals surface area contributed by atoms with Crippen LogP contribution < -0.4 is 15.8 Å². The van der Waals surface area contributed by atoms with E-state index in [0.717, 1.165) is 6.08 Å². The smallest absolute Gasteiger partial charge is 0.331 e. The third-order valence-electron chi connectivity index (χ3n) is 2.52. The molecule has 0 saturated heterocycles. The molecule has 0 unspecified atom stereocenters. The molecule has 8 nitrogen and oxygen atoms in total. The molecule has 3 amide bonds. The van der Waals surface area contributed by atoms with Crippen molar-refractivity contribution in [2.45, 2.75) is 13.0 Å². The van der Waals surface area contributed by atoms with Crippen LogP contribution in [0.25, 0.3) is 6.08 Å². The van der Waals surface area contributed by atoms with Gasteiger partial charge in [0.15, 0.2) is 17.6 Å². The largest absolute Gasteiger partial charge is 0.504 e. The number of carbonyl (C=O) groups excluding carboxylic acids is 3. The highest BCUT2D eigenvalue weighted by atomic mass is 16.5. The second-order valence-electron chi connectivity index (χ2n) is 4.20. The maximum atomic E-state index is 11.6. The summed E-state index contributed by atoms with van der Waals surface area (Å²) in [5.41, 5.74) is 5.36.